The average molecular weight is 340 g/mol. The van der Waals surface area contributed by atoms with Crippen LogP contribution < -0.4 is 0 Å². The summed E-state index contributed by atoms with van der Waals surface area (Å²) < 4.78 is 0. The molecule has 1 atom stereocenters. The van der Waals surface area contributed by atoms with Crippen molar-refractivity contribution in [3.63, 3.8) is 0 Å². The Morgan fingerprint density at radius 3 is 2.32 bits per heavy atom. The van der Waals surface area contributed by atoms with Crippen molar-refractivity contribution < 1.29 is 14.7 Å². The van der Waals surface area contributed by atoms with Crippen LogP contribution in [0.2, 0.25) is 0 Å². The highest BCUT2D eigenvalue weighted by atomic mass is 16.4. The van der Waals surface area contributed by atoms with Gasteiger partial charge < -0.3 is 10.0 Å². The molecule has 0 aliphatic rings. The molecule has 1 aromatic heterocycles. The molecule has 0 radical (unpaired) electrons. The Morgan fingerprint density at radius 1 is 1.12 bits per heavy atom. The number of hydrogen-bond acceptors (Lipinski definition) is 3. The highest BCUT2D eigenvalue weighted by Crippen LogP contribution is 2.16. The normalized spacial score (nSPS) is 11.8. The van der Waals surface area contributed by atoms with Crippen molar-refractivity contribution in [3.8, 4) is 0 Å². The summed E-state index contributed by atoms with van der Waals surface area (Å²) in [6.45, 7) is 6.20. The number of hydrogen-bond donors (Lipinski definition) is 1. The van der Waals surface area contributed by atoms with Gasteiger partial charge in [0.1, 0.15) is 5.69 Å². The second kappa shape index (κ2) is 8.42. The van der Waals surface area contributed by atoms with Crippen molar-refractivity contribution in [2.45, 2.75) is 39.7 Å². The summed E-state index contributed by atoms with van der Waals surface area (Å²) >= 11 is 0. The van der Waals surface area contributed by atoms with Gasteiger partial charge >= 0.3 is 5.97 Å². The van der Waals surface area contributed by atoms with Crippen LogP contribution in [0.1, 0.15) is 52.4 Å². The van der Waals surface area contributed by atoms with E-state index in [0.717, 1.165) is 12.8 Å². The Hall–Kier alpha value is -2.69. The van der Waals surface area contributed by atoms with E-state index in [1.807, 2.05) is 30.0 Å². The third kappa shape index (κ3) is 4.44. The lowest BCUT2D eigenvalue weighted by Crippen LogP contribution is -2.41. The van der Waals surface area contributed by atoms with Crippen LogP contribution in [0.15, 0.2) is 42.5 Å². The molecule has 2 aromatic rings. The van der Waals surface area contributed by atoms with Crippen molar-refractivity contribution in [1.29, 1.82) is 0 Å². The first-order chi connectivity index (χ1) is 12.0. The van der Waals surface area contributed by atoms with Gasteiger partial charge in [-0.2, -0.15) is 0 Å². The molecule has 0 bridgehead atoms. The van der Waals surface area contributed by atoms with Gasteiger partial charge in [0.15, 0.2) is 0 Å². The first kappa shape index (κ1) is 18.6. The van der Waals surface area contributed by atoms with Crippen molar-refractivity contribution >= 4 is 11.9 Å². The molecule has 0 fully saturated rings. The maximum absolute atomic E-state index is 12.9. The zero-order valence-electron chi connectivity index (χ0n) is 14.9. The predicted octanol–water partition coefficient (Wildman–Crippen LogP) is 3.57. The van der Waals surface area contributed by atoms with Crippen molar-refractivity contribution in [2.75, 3.05) is 6.54 Å². The minimum atomic E-state index is -1.04. The third-order valence-corrected chi connectivity index (χ3v) is 4.36. The molecule has 1 N–H and O–H groups in total. The summed E-state index contributed by atoms with van der Waals surface area (Å²) in [5, 5.41) is 9.11. The Balaban J connectivity index is 2.24. The number of carboxylic acids is 1. The summed E-state index contributed by atoms with van der Waals surface area (Å²) in [6, 6.07) is 13.1. The molecule has 0 aliphatic carbocycles. The van der Waals surface area contributed by atoms with Crippen LogP contribution in [0, 0.1) is 6.92 Å². The minimum absolute atomic E-state index is 0.0705. The average Bonchev–Trinajstić information content (AvgIpc) is 2.61. The second-order valence-corrected chi connectivity index (χ2v) is 5.98. The largest absolute Gasteiger partial charge is 0.478 e. The van der Waals surface area contributed by atoms with Crippen molar-refractivity contribution in [3.05, 3.63) is 65.0 Å². The van der Waals surface area contributed by atoms with Crippen LogP contribution in [0.3, 0.4) is 0 Å². The van der Waals surface area contributed by atoms with Crippen molar-refractivity contribution in [1.82, 2.24) is 9.88 Å². The highest BCUT2D eigenvalue weighted by Gasteiger charge is 2.24. The summed E-state index contributed by atoms with van der Waals surface area (Å²) in [5.41, 5.74) is 1.95. The van der Waals surface area contributed by atoms with E-state index in [2.05, 4.69) is 24.0 Å². The fourth-order valence-corrected chi connectivity index (χ4v) is 2.98. The monoisotopic (exact) mass is 340 g/mol. The van der Waals surface area contributed by atoms with Gasteiger partial charge in [-0.15, -0.1) is 0 Å². The molecule has 25 heavy (non-hydrogen) atoms. The Labute approximate surface area is 148 Å². The molecule has 1 heterocycles. The first-order valence-electron chi connectivity index (χ1n) is 8.53. The van der Waals surface area contributed by atoms with Gasteiger partial charge in [0.05, 0.1) is 11.3 Å². The summed E-state index contributed by atoms with van der Waals surface area (Å²) in [5.74, 6) is -1.20. The van der Waals surface area contributed by atoms with Crippen LogP contribution in [0.25, 0.3) is 0 Å². The number of carbonyl (C=O) groups is 2. The van der Waals surface area contributed by atoms with E-state index in [1.54, 1.807) is 6.92 Å². The molecule has 0 spiro atoms. The molecular formula is C20H24N2O3. The molecule has 0 saturated heterocycles. The Morgan fingerprint density at radius 2 is 1.80 bits per heavy atom. The van der Waals surface area contributed by atoms with E-state index in [9.17, 15) is 9.59 Å². The Kier molecular flexibility index (Phi) is 6.28. The van der Waals surface area contributed by atoms with Crippen LogP contribution in [0.5, 0.6) is 0 Å². The summed E-state index contributed by atoms with van der Waals surface area (Å²) in [7, 11) is 0. The zero-order chi connectivity index (χ0) is 18.4. The van der Waals surface area contributed by atoms with E-state index in [0.29, 0.717) is 12.2 Å². The lowest BCUT2D eigenvalue weighted by atomic mass is 10.0. The van der Waals surface area contributed by atoms with E-state index >= 15 is 0 Å². The van der Waals surface area contributed by atoms with Crippen LogP contribution in [-0.2, 0) is 6.42 Å². The number of rotatable bonds is 7. The number of pyridine rings is 1. The number of likely N-dealkylation sites (N-methyl/N-ethyl adjacent to an activating group) is 1. The predicted molar refractivity (Wildman–Crippen MR) is 96.9 cm³/mol. The number of aromatic carboxylic acids is 1. The quantitative estimate of drug-likeness (QED) is 0.836. The second-order valence-electron chi connectivity index (χ2n) is 5.98. The van der Waals surface area contributed by atoms with Gasteiger partial charge in [-0.05, 0) is 44.4 Å². The standard InChI is InChI=1S/C20H24N2O3/c1-4-16(13-15-9-7-6-8-10-15)22(5-2)19(23)18-12-11-17(20(24)25)14(3)21-18/h6-12,16H,4-5,13H2,1-3H3,(H,24,25). The summed E-state index contributed by atoms with van der Waals surface area (Å²) in [6.07, 6.45) is 1.61. The topological polar surface area (TPSA) is 70.5 Å². The third-order valence-electron chi connectivity index (χ3n) is 4.36. The van der Waals surface area contributed by atoms with E-state index < -0.39 is 5.97 Å². The SMILES string of the molecule is CCC(Cc1ccccc1)N(CC)C(=O)c1ccc(C(=O)O)c(C)n1. The minimum Gasteiger partial charge on any atom is -0.478 e. The fourth-order valence-electron chi connectivity index (χ4n) is 2.98. The fraction of sp³-hybridized carbons (Fsp3) is 0.350. The van der Waals surface area contributed by atoms with Gasteiger partial charge in [-0.25, -0.2) is 9.78 Å². The smallest absolute Gasteiger partial charge is 0.337 e. The first-order valence-corrected chi connectivity index (χ1v) is 8.53. The number of aryl methyl sites for hydroxylation is 1. The van der Waals surface area contributed by atoms with Crippen LogP contribution in [-0.4, -0.2) is 39.5 Å². The van der Waals surface area contributed by atoms with Gasteiger partial charge in [-0.3, -0.25) is 4.79 Å². The van der Waals surface area contributed by atoms with Gasteiger partial charge in [-0.1, -0.05) is 37.3 Å². The maximum atomic E-state index is 12.9. The molecule has 132 valence electrons. The zero-order valence-corrected chi connectivity index (χ0v) is 14.9. The van der Waals surface area contributed by atoms with Crippen LogP contribution in [0.4, 0.5) is 0 Å². The number of benzene rings is 1. The molecule has 5 nitrogen and oxygen atoms in total. The lowest BCUT2D eigenvalue weighted by molar-refractivity contribution is 0.0668. The maximum Gasteiger partial charge on any atom is 0.337 e. The number of aromatic nitrogens is 1. The lowest BCUT2D eigenvalue weighted by Gasteiger charge is -2.30. The molecule has 1 aromatic carbocycles. The molecule has 5 heteroatoms. The highest BCUT2D eigenvalue weighted by molar-refractivity contribution is 5.94. The Bertz CT molecular complexity index is 744. The van der Waals surface area contributed by atoms with Gasteiger partial charge in [0.25, 0.3) is 5.91 Å². The summed E-state index contributed by atoms with van der Waals surface area (Å²) in [4.78, 5) is 30.1. The molecule has 1 amide bonds. The van der Waals surface area contributed by atoms with E-state index in [-0.39, 0.29) is 23.2 Å². The van der Waals surface area contributed by atoms with Crippen molar-refractivity contribution in [2.24, 2.45) is 0 Å². The number of carbonyl (C=O) groups excluding carboxylic acids is 1. The molecule has 1 unspecified atom stereocenters. The van der Waals surface area contributed by atoms with Gasteiger partial charge in [0.2, 0.25) is 0 Å². The molecular weight excluding hydrogens is 316 g/mol. The van der Waals surface area contributed by atoms with Gasteiger partial charge in [0, 0.05) is 12.6 Å². The number of nitrogens with zero attached hydrogens (tertiary/aromatic N) is 2. The molecule has 0 aliphatic heterocycles. The van der Waals surface area contributed by atoms with Crippen LogP contribution >= 0.6 is 0 Å². The van der Waals surface area contributed by atoms with E-state index in [4.69, 9.17) is 5.11 Å². The number of carboxylic acid groups (broad SMARTS) is 1. The molecule has 0 saturated carbocycles. The number of amides is 1. The molecule has 2 rings (SSSR count). The van der Waals surface area contributed by atoms with E-state index in [1.165, 1.54) is 17.7 Å².